The Hall–Kier alpha value is -2.61. The van der Waals surface area contributed by atoms with Crippen LogP contribution >= 0.6 is 0 Å². The highest BCUT2D eigenvalue weighted by Crippen LogP contribution is 2.27. The summed E-state index contributed by atoms with van der Waals surface area (Å²) in [7, 11) is 0. The summed E-state index contributed by atoms with van der Waals surface area (Å²) in [5, 5.41) is 1.19. The maximum absolute atomic E-state index is 13.3. The molecule has 0 aliphatic carbocycles. The molecule has 0 bridgehead atoms. The second kappa shape index (κ2) is 9.48. The van der Waals surface area contributed by atoms with Gasteiger partial charge in [0.05, 0.1) is 12.1 Å². The molecule has 5 nitrogen and oxygen atoms in total. The van der Waals surface area contributed by atoms with Crippen molar-refractivity contribution in [3.8, 4) is 5.75 Å². The minimum atomic E-state index is -0.880. The van der Waals surface area contributed by atoms with Crippen molar-refractivity contribution in [1.82, 2.24) is 20.7 Å². The van der Waals surface area contributed by atoms with Crippen LogP contribution in [0.1, 0.15) is 24.8 Å². The molecular formula is C25H28F2N4O. The fourth-order valence-electron chi connectivity index (χ4n) is 4.85. The van der Waals surface area contributed by atoms with Gasteiger partial charge in [-0.15, -0.1) is 0 Å². The number of likely N-dealkylation sites (tertiary alicyclic amines) is 1. The van der Waals surface area contributed by atoms with E-state index in [1.165, 1.54) is 23.4 Å². The Morgan fingerprint density at radius 2 is 2.00 bits per heavy atom. The number of hydrogen-bond acceptors (Lipinski definition) is 5. The third-order valence-corrected chi connectivity index (χ3v) is 6.59. The van der Waals surface area contributed by atoms with Gasteiger partial charge >= 0.3 is 0 Å². The van der Waals surface area contributed by atoms with Gasteiger partial charge in [-0.2, -0.15) is 0 Å². The normalized spacial score (nSPS) is 23.8. The molecule has 2 aromatic carbocycles. The summed E-state index contributed by atoms with van der Waals surface area (Å²) >= 11 is 0. The van der Waals surface area contributed by atoms with E-state index >= 15 is 0 Å². The average Bonchev–Trinajstić information content (AvgIpc) is 3.46. The molecule has 1 aromatic heterocycles. The SMILES string of the molecule is Fc1ccc(OCCC2CC(C3CCN(Cc4ccc5ncccc5c4)C3)NN2)cc1F. The predicted molar refractivity (Wildman–Crippen MR) is 120 cm³/mol. The first-order valence-electron chi connectivity index (χ1n) is 11.3. The highest BCUT2D eigenvalue weighted by molar-refractivity contribution is 5.78. The highest BCUT2D eigenvalue weighted by atomic mass is 19.2. The number of hydrazine groups is 1. The maximum Gasteiger partial charge on any atom is 0.162 e. The van der Waals surface area contributed by atoms with E-state index in [0.717, 1.165) is 50.1 Å². The number of pyridine rings is 1. The van der Waals surface area contributed by atoms with Gasteiger partial charge in [-0.25, -0.2) is 8.78 Å². The van der Waals surface area contributed by atoms with E-state index in [-0.39, 0.29) is 0 Å². The summed E-state index contributed by atoms with van der Waals surface area (Å²) in [6.45, 7) is 3.62. The Balaban J connectivity index is 1.07. The summed E-state index contributed by atoms with van der Waals surface area (Å²) in [6.07, 6.45) is 4.87. The molecule has 7 heteroatoms. The molecule has 0 saturated carbocycles. The second-order valence-corrected chi connectivity index (χ2v) is 8.86. The van der Waals surface area contributed by atoms with Gasteiger partial charge in [0, 0.05) is 42.8 Å². The number of ether oxygens (including phenoxy) is 1. The monoisotopic (exact) mass is 438 g/mol. The maximum atomic E-state index is 13.3. The van der Waals surface area contributed by atoms with Crippen LogP contribution < -0.4 is 15.6 Å². The van der Waals surface area contributed by atoms with E-state index in [1.54, 1.807) is 0 Å². The number of nitrogens with zero attached hydrogens (tertiary/aromatic N) is 2. The smallest absolute Gasteiger partial charge is 0.162 e. The summed E-state index contributed by atoms with van der Waals surface area (Å²) in [6, 6.07) is 15.0. The van der Waals surface area contributed by atoms with E-state index in [1.807, 2.05) is 12.3 Å². The average molecular weight is 439 g/mol. The molecule has 168 valence electrons. The second-order valence-electron chi connectivity index (χ2n) is 8.86. The van der Waals surface area contributed by atoms with Crippen LogP contribution in [-0.2, 0) is 6.54 Å². The highest BCUT2D eigenvalue weighted by Gasteiger charge is 2.34. The number of aromatic nitrogens is 1. The van der Waals surface area contributed by atoms with Crippen molar-refractivity contribution in [3.05, 3.63) is 71.9 Å². The van der Waals surface area contributed by atoms with Gasteiger partial charge in [0.15, 0.2) is 11.6 Å². The van der Waals surface area contributed by atoms with Gasteiger partial charge < -0.3 is 4.74 Å². The minimum Gasteiger partial charge on any atom is -0.493 e. The molecule has 0 radical (unpaired) electrons. The van der Waals surface area contributed by atoms with Gasteiger partial charge in [-0.1, -0.05) is 12.1 Å². The summed E-state index contributed by atoms with van der Waals surface area (Å²) in [5.41, 5.74) is 9.23. The molecule has 3 heterocycles. The number of benzene rings is 2. The molecular weight excluding hydrogens is 410 g/mol. The molecule has 5 rings (SSSR count). The van der Waals surface area contributed by atoms with E-state index in [4.69, 9.17) is 4.74 Å². The topological polar surface area (TPSA) is 49.4 Å². The van der Waals surface area contributed by atoms with Crippen LogP contribution in [0.15, 0.2) is 54.7 Å². The Morgan fingerprint density at radius 1 is 1.06 bits per heavy atom. The lowest BCUT2D eigenvalue weighted by molar-refractivity contribution is 0.286. The summed E-state index contributed by atoms with van der Waals surface area (Å²) in [4.78, 5) is 6.93. The minimum absolute atomic E-state index is 0.312. The molecule has 0 spiro atoms. The first kappa shape index (κ1) is 21.2. The van der Waals surface area contributed by atoms with Crippen molar-refractivity contribution < 1.29 is 13.5 Å². The molecule has 3 unspecified atom stereocenters. The van der Waals surface area contributed by atoms with Crippen LogP contribution in [0.25, 0.3) is 10.9 Å². The Labute approximate surface area is 186 Å². The Bertz CT molecular complexity index is 1080. The molecule has 2 fully saturated rings. The molecule has 3 atom stereocenters. The van der Waals surface area contributed by atoms with Crippen LogP contribution in [0.3, 0.4) is 0 Å². The van der Waals surface area contributed by atoms with Crippen LogP contribution in [-0.4, -0.2) is 41.7 Å². The summed E-state index contributed by atoms with van der Waals surface area (Å²) < 4.78 is 31.9. The summed E-state index contributed by atoms with van der Waals surface area (Å²) in [5.74, 6) is -0.761. The number of nitrogens with one attached hydrogen (secondary N) is 2. The Morgan fingerprint density at radius 3 is 2.91 bits per heavy atom. The third kappa shape index (κ3) is 4.90. The van der Waals surface area contributed by atoms with E-state index < -0.39 is 11.6 Å². The van der Waals surface area contributed by atoms with E-state index in [0.29, 0.717) is 30.4 Å². The fraction of sp³-hybridized carbons (Fsp3) is 0.400. The third-order valence-electron chi connectivity index (χ3n) is 6.59. The molecule has 2 aliphatic rings. The molecule has 0 amide bonds. The number of rotatable bonds is 7. The van der Waals surface area contributed by atoms with Gasteiger partial charge in [-0.3, -0.25) is 20.7 Å². The van der Waals surface area contributed by atoms with Crippen molar-refractivity contribution in [2.75, 3.05) is 19.7 Å². The van der Waals surface area contributed by atoms with E-state index in [2.05, 4.69) is 45.0 Å². The zero-order chi connectivity index (χ0) is 21.9. The largest absolute Gasteiger partial charge is 0.493 e. The van der Waals surface area contributed by atoms with Gasteiger partial charge in [0.1, 0.15) is 5.75 Å². The lowest BCUT2D eigenvalue weighted by Crippen LogP contribution is -2.38. The quantitative estimate of drug-likeness (QED) is 0.583. The zero-order valence-corrected chi connectivity index (χ0v) is 17.9. The predicted octanol–water partition coefficient (Wildman–Crippen LogP) is 4.04. The van der Waals surface area contributed by atoms with Crippen molar-refractivity contribution in [2.45, 2.75) is 37.9 Å². The molecule has 2 saturated heterocycles. The van der Waals surface area contributed by atoms with Crippen LogP contribution in [0, 0.1) is 17.6 Å². The van der Waals surface area contributed by atoms with Crippen LogP contribution in [0.4, 0.5) is 8.78 Å². The first-order chi connectivity index (χ1) is 15.6. The lowest BCUT2D eigenvalue weighted by Gasteiger charge is -2.20. The molecule has 32 heavy (non-hydrogen) atoms. The van der Waals surface area contributed by atoms with Crippen LogP contribution in [0.5, 0.6) is 5.75 Å². The van der Waals surface area contributed by atoms with Gasteiger partial charge in [-0.05, 0) is 67.6 Å². The standard InChI is InChI=1S/C25H28F2N4O/c26-22-5-4-21(14-23(22)27)32-11-8-20-13-25(30-29-20)19-7-10-31(16-19)15-17-3-6-24-18(12-17)2-1-9-28-24/h1-6,9,12,14,19-20,25,29-30H,7-8,10-11,13,15-16H2. The van der Waals surface area contributed by atoms with Crippen molar-refractivity contribution >= 4 is 10.9 Å². The number of hydrogen-bond donors (Lipinski definition) is 2. The fourth-order valence-corrected chi connectivity index (χ4v) is 4.85. The molecule has 3 aromatic rings. The van der Waals surface area contributed by atoms with Gasteiger partial charge in [0.25, 0.3) is 0 Å². The molecule has 2 aliphatic heterocycles. The first-order valence-corrected chi connectivity index (χ1v) is 11.3. The zero-order valence-electron chi connectivity index (χ0n) is 17.9. The Kier molecular flexibility index (Phi) is 6.30. The molecule has 2 N–H and O–H groups in total. The number of fused-ring (bicyclic) bond motifs is 1. The van der Waals surface area contributed by atoms with Crippen molar-refractivity contribution in [1.29, 1.82) is 0 Å². The van der Waals surface area contributed by atoms with Gasteiger partial charge in [0.2, 0.25) is 0 Å². The number of halogens is 2. The van der Waals surface area contributed by atoms with Crippen molar-refractivity contribution in [2.24, 2.45) is 5.92 Å². The lowest BCUT2D eigenvalue weighted by atomic mass is 9.94. The van der Waals surface area contributed by atoms with Crippen molar-refractivity contribution in [3.63, 3.8) is 0 Å². The van der Waals surface area contributed by atoms with Crippen LogP contribution in [0.2, 0.25) is 0 Å². The van der Waals surface area contributed by atoms with E-state index in [9.17, 15) is 8.78 Å².